The van der Waals surface area contributed by atoms with Crippen molar-refractivity contribution >= 4 is 11.6 Å². The minimum Gasteiger partial charge on any atom is -0.481 e. The smallest absolute Gasteiger partial charge is 0.261 e. The van der Waals surface area contributed by atoms with Crippen molar-refractivity contribution in [1.29, 1.82) is 0 Å². The summed E-state index contributed by atoms with van der Waals surface area (Å²) in [4.78, 5) is 15.4. The summed E-state index contributed by atoms with van der Waals surface area (Å²) in [7, 11) is 0. The lowest BCUT2D eigenvalue weighted by atomic mass is 9.92. The van der Waals surface area contributed by atoms with E-state index >= 15 is 0 Å². The van der Waals surface area contributed by atoms with Gasteiger partial charge >= 0.3 is 0 Å². The summed E-state index contributed by atoms with van der Waals surface area (Å²) in [5.74, 6) is 1.51. The predicted molar refractivity (Wildman–Crippen MR) is 131 cm³/mol. The summed E-state index contributed by atoms with van der Waals surface area (Å²) in [5.41, 5.74) is 5.20. The van der Waals surface area contributed by atoms with Gasteiger partial charge < -0.3 is 15.0 Å². The molecule has 4 rings (SSSR count). The van der Waals surface area contributed by atoms with Crippen LogP contribution in [0.5, 0.6) is 5.75 Å². The van der Waals surface area contributed by atoms with Crippen molar-refractivity contribution in [2.24, 2.45) is 5.92 Å². The van der Waals surface area contributed by atoms with Crippen LogP contribution in [-0.4, -0.2) is 25.1 Å². The minimum absolute atomic E-state index is 0.0494. The van der Waals surface area contributed by atoms with Gasteiger partial charge in [-0.3, -0.25) is 4.79 Å². The fourth-order valence-corrected chi connectivity index (χ4v) is 5.06. The molecule has 0 bridgehead atoms. The van der Waals surface area contributed by atoms with E-state index in [0.29, 0.717) is 6.42 Å². The number of aryl methyl sites for hydroxylation is 2. The van der Waals surface area contributed by atoms with E-state index in [1.165, 1.54) is 42.5 Å². The lowest BCUT2D eigenvalue weighted by molar-refractivity contribution is -0.128. The van der Waals surface area contributed by atoms with Crippen LogP contribution in [-0.2, 0) is 17.6 Å². The second kappa shape index (κ2) is 10.4. The van der Waals surface area contributed by atoms with Crippen LogP contribution in [0.4, 0.5) is 5.69 Å². The maximum Gasteiger partial charge on any atom is 0.261 e. The van der Waals surface area contributed by atoms with Crippen molar-refractivity contribution < 1.29 is 9.53 Å². The maximum atomic E-state index is 13.0. The Morgan fingerprint density at radius 1 is 1.09 bits per heavy atom. The molecule has 0 spiro atoms. The molecule has 1 saturated heterocycles. The third kappa shape index (κ3) is 5.46. The Balaban J connectivity index is 1.35. The van der Waals surface area contributed by atoms with E-state index < -0.39 is 6.10 Å². The zero-order chi connectivity index (χ0) is 22.5. The molecule has 2 aromatic carbocycles. The molecule has 0 aromatic heterocycles. The Morgan fingerprint density at radius 2 is 1.84 bits per heavy atom. The predicted octanol–water partition coefficient (Wildman–Crippen LogP) is 5.84. The number of amides is 1. The monoisotopic (exact) mass is 434 g/mol. The summed E-state index contributed by atoms with van der Waals surface area (Å²) in [6, 6.07) is 14.9. The fourth-order valence-electron chi connectivity index (χ4n) is 5.06. The number of carbonyl (C=O) groups excluding carboxylic acids is 1. The average Bonchev–Trinajstić information content (AvgIpc) is 2.82. The van der Waals surface area contributed by atoms with Crippen LogP contribution in [0.3, 0.4) is 0 Å². The molecule has 1 N–H and O–H groups in total. The number of carbonyl (C=O) groups is 1. The number of fused-ring (bicyclic) bond motifs is 1. The van der Waals surface area contributed by atoms with Gasteiger partial charge in [0.25, 0.3) is 5.91 Å². The maximum absolute atomic E-state index is 13.0. The van der Waals surface area contributed by atoms with E-state index in [-0.39, 0.29) is 11.9 Å². The Morgan fingerprint density at radius 3 is 2.56 bits per heavy atom. The minimum atomic E-state index is -0.479. The molecule has 1 fully saturated rings. The van der Waals surface area contributed by atoms with E-state index in [9.17, 15) is 4.79 Å². The molecule has 172 valence electrons. The molecule has 2 aromatic rings. The largest absolute Gasteiger partial charge is 0.481 e. The summed E-state index contributed by atoms with van der Waals surface area (Å²) in [5, 5.41) is 3.16. The third-order valence-electron chi connectivity index (χ3n) is 7.04. The molecule has 4 heteroatoms. The van der Waals surface area contributed by atoms with E-state index in [1.807, 2.05) is 19.9 Å². The van der Waals surface area contributed by atoms with Gasteiger partial charge in [0, 0.05) is 18.8 Å². The highest BCUT2D eigenvalue weighted by atomic mass is 16.5. The lowest BCUT2D eigenvalue weighted by Crippen LogP contribution is -2.39. The summed E-state index contributed by atoms with van der Waals surface area (Å²) in [6.07, 6.45) is 7.51. The molecule has 3 unspecified atom stereocenters. The third-order valence-corrected chi connectivity index (χ3v) is 7.04. The highest BCUT2D eigenvalue weighted by molar-refractivity contribution is 5.81. The normalized spacial score (nSPS) is 20.2. The Labute approximate surface area is 193 Å². The number of anilines is 1. The van der Waals surface area contributed by atoms with Crippen LogP contribution >= 0.6 is 0 Å². The van der Waals surface area contributed by atoms with Gasteiger partial charge in [-0.15, -0.1) is 0 Å². The highest BCUT2D eigenvalue weighted by Gasteiger charge is 2.22. The van der Waals surface area contributed by atoms with Crippen LogP contribution in [0.2, 0.25) is 0 Å². The molecular formula is C28H38N2O2. The molecule has 0 radical (unpaired) electrons. The number of hydrogen-bond donors (Lipinski definition) is 1. The van der Waals surface area contributed by atoms with Crippen LogP contribution in [0.1, 0.15) is 75.6 Å². The van der Waals surface area contributed by atoms with Crippen molar-refractivity contribution in [2.75, 3.05) is 18.0 Å². The van der Waals surface area contributed by atoms with Crippen molar-refractivity contribution in [1.82, 2.24) is 5.32 Å². The topological polar surface area (TPSA) is 41.6 Å². The number of ether oxygens (including phenoxy) is 1. The van der Waals surface area contributed by atoms with Gasteiger partial charge in [0.1, 0.15) is 5.75 Å². The molecule has 3 atom stereocenters. The zero-order valence-electron chi connectivity index (χ0n) is 19.9. The van der Waals surface area contributed by atoms with Gasteiger partial charge in [-0.05, 0) is 98.7 Å². The number of rotatable bonds is 7. The molecule has 4 nitrogen and oxygen atoms in total. The Bertz CT molecular complexity index is 908. The quantitative estimate of drug-likeness (QED) is 0.595. The van der Waals surface area contributed by atoms with Crippen molar-refractivity contribution in [3.05, 3.63) is 59.2 Å². The van der Waals surface area contributed by atoms with E-state index in [2.05, 4.69) is 53.5 Å². The first-order chi connectivity index (χ1) is 15.5. The summed E-state index contributed by atoms with van der Waals surface area (Å²) < 4.78 is 6.12. The lowest BCUT2D eigenvalue weighted by Gasteiger charge is -2.33. The molecule has 1 heterocycles. The number of piperidine rings is 1. The molecule has 2 aliphatic rings. The first-order valence-electron chi connectivity index (χ1n) is 12.5. The first-order valence-corrected chi connectivity index (χ1v) is 12.5. The van der Waals surface area contributed by atoms with Gasteiger partial charge in [-0.1, -0.05) is 32.0 Å². The van der Waals surface area contributed by atoms with Crippen LogP contribution in [0.15, 0.2) is 42.5 Å². The second-order valence-corrected chi connectivity index (χ2v) is 9.67. The molecule has 1 amide bonds. The van der Waals surface area contributed by atoms with Gasteiger partial charge in [0.15, 0.2) is 6.10 Å². The van der Waals surface area contributed by atoms with Crippen LogP contribution < -0.4 is 15.0 Å². The molecular weight excluding hydrogens is 396 g/mol. The Hall–Kier alpha value is -2.49. The molecule has 1 aliphatic carbocycles. The van der Waals surface area contributed by atoms with E-state index in [4.69, 9.17) is 4.74 Å². The Kier molecular flexibility index (Phi) is 7.39. The second-order valence-electron chi connectivity index (χ2n) is 9.67. The average molecular weight is 435 g/mol. The number of hydrogen-bond acceptors (Lipinski definition) is 3. The van der Waals surface area contributed by atoms with Crippen molar-refractivity contribution in [3.63, 3.8) is 0 Å². The fraction of sp³-hybridized carbons (Fsp3) is 0.536. The van der Waals surface area contributed by atoms with Gasteiger partial charge in [0.05, 0.1) is 6.04 Å². The van der Waals surface area contributed by atoms with Gasteiger partial charge in [-0.25, -0.2) is 0 Å². The molecule has 0 saturated carbocycles. The van der Waals surface area contributed by atoms with Gasteiger partial charge in [0.2, 0.25) is 0 Å². The van der Waals surface area contributed by atoms with Crippen LogP contribution in [0, 0.1) is 5.92 Å². The SMILES string of the molecule is CCC(Oc1ccc2c(c1)CCCC2)C(=O)NC(C)c1ccc(N2CCCC(C)C2)cc1. The van der Waals surface area contributed by atoms with E-state index in [1.54, 1.807) is 0 Å². The summed E-state index contributed by atoms with van der Waals surface area (Å²) >= 11 is 0. The highest BCUT2D eigenvalue weighted by Crippen LogP contribution is 2.27. The summed E-state index contributed by atoms with van der Waals surface area (Å²) in [6.45, 7) is 8.63. The van der Waals surface area contributed by atoms with Gasteiger partial charge in [-0.2, -0.15) is 0 Å². The van der Waals surface area contributed by atoms with E-state index in [0.717, 1.165) is 43.2 Å². The number of nitrogens with zero attached hydrogens (tertiary/aromatic N) is 1. The van der Waals surface area contributed by atoms with Crippen molar-refractivity contribution in [2.45, 2.75) is 77.9 Å². The molecule has 1 aliphatic heterocycles. The standard InChI is InChI=1S/C28H38N2O2/c1-4-27(32-26-16-13-23-9-5-6-10-24(23)18-26)28(31)29-21(3)22-11-14-25(15-12-22)30-17-7-8-20(2)19-30/h11-16,18,20-21,27H,4-10,17,19H2,1-3H3,(H,29,31). The number of benzene rings is 2. The van der Waals surface area contributed by atoms with Crippen molar-refractivity contribution in [3.8, 4) is 5.75 Å². The molecule has 32 heavy (non-hydrogen) atoms. The number of nitrogens with one attached hydrogen (secondary N) is 1. The van der Waals surface area contributed by atoms with Crippen LogP contribution in [0.25, 0.3) is 0 Å². The zero-order valence-corrected chi connectivity index (χ0v) is 19.9. The first kappa shape index (κ1) is 22.7.